The Hall–Kier alpha value is -1.63. The Morgan fingerprint density at radius 3 is 2.79 bits per heavy atom. The number of carbonyl (C=O) groups excluding carboxylic acids is 3. The van der Waals surface area contributed by atoms with Crippen molar-refractivity contribution in [2.45, 2.75) is 12.5 Å². The highest BCUT2D eigenvalue weighted by molar-refractivity contribution is 5.94. The second kappa shape index (κ2) is 4.56. The van der Waals surface area contributed by atoms with Gasteiger partial charge in [0.05, 0.1) is 6.54 Å². The lowest BCUT2D eigenvalue weighted by atomic mass is 10.2. The lowest BCUT2D eigenvalue weighted by Gasteiger charge is -2.08. The first-order valence-electron chi connectivity index (χ1n) is 4.17. The number of urea groups is 1. The number of primary amides is 1. The third-order valence-corrected chi connectivity index (χ3v) is 1.79. The van der Waals surface area contributed by atoms with E-state index in [-0.39, 0.29) is 18.5 Å². The van der Waals surface area contributed by atoms with Gasteiger partial charge in [-0.15, -0.1) is 0 Å². The number of nitrogens with two attached hydrogens (primary N) is 1. The van der Waals surface area contributed by atoms with Crippen molar-refractivity contribution in [1.82, 2.24) is 16.0 Å². The van der Waals surface area contributed by atoms with Crippen molar-refractivity contribution >= 4 is 17.8 Å². The number of rotatable bonds is 3. The van der Waals surface area contributed by atoms with Gasteiger partial charge in [-0.05, 0) is 0 Å². The molecule has 0 aromatic carbocycles. The molecule has 0 aromatic rings. The normalized spacial score (nSPS) is 20.3. The number of nitrogens with one attached hydrogen (secondary N) is 3. The zero-order chi connectivity index (χ0) is 10.6. The molecule has 1 atom stereocenters. The highest BCUT2D eigenvalue weighted by atomic mass is 16.2. The van der Waals surface area contributed by atoms with Crippen LogP contribution >= 0.6 is 0 Å². The molecule has 7 nitrogen and oxygen atoms in total. The Labute approximate surface area is 80.4 Å². The summed E-state index contributed by atoms with van der Waals surface area (Å²) in [6.07, 6.45) is 0.351. The minimum absolute atomic E-state index is 0.0252. The Morgan fingerprint density at radius 1 is 1.57 bits per heavy atom. The van der Waals surface area contributed by atoms with E-state index in [4.69, 9.17) is 5.73 Å². The molecule has 1 aliphatic heterocycles. The van der Waals surface area contributed by atoms with Gasteiger partial charge >= 0.3 is 6.03 Å². The molecule has 1 heterocycles. The van der Waals surface area contributed by atoms with Gasteiger partial charge in [0.1, 0.15) is 0 Å². The molecule has 1 fully saturated rings. The van der Waals surface area contributed by atoms with Crippen LogP contribution in [0.5, 0.6) is 0 Å². The third-order valence-electron chi connectivity index (χ3n) is 1.79. The van der Waals surface area contributed by atoms with E-state index in [1.165, 1.54) is 0 Å². The first-order chi connectivity index (χ1) is 6.58. The van der Waals surface area contributed by atoms with Gasteiger partial charge in [-0.1, -0.05) is 0 Å². The maximum absolute atomic E-state index is 10.9. The Balaban J connectivity index is 2.17. The molecule has 0 aromatic heterocycles. The molecule has 0 bridgehead atoms. The number of hydrogen-bond donors (Lipinski definition) is 4. The minimum Gasteiger partial charge on any atom is -0.354 e. The lowest BCUT2D eigenvalue weighted by molar-refractivity contribution is -0.120. The summed E-state index contributed by atoms with van der Waals surface area (Å²) in [5.41, 5.74) is 4.73. The van der Waals surface area contributed by atoms with Crippen LogP contribution in [0.1, 0.15) is 6.42 Å². The van der Waals surface area contributed by atoms with Crippen molar-refractivity contribution in [2.75, 3.05) is 13.1 Å². The lowest BCUT2D eigenvalue weighted by Crippen LogP contribution is -2.43. The second-order valence-electron chi connectivity index (χ2n) is 3.00. The molecule has 14 heavy (non-hydrogen) atoms. The Morgan fingerprint density at radius 2 is 2.29 bits per heavy atom. The van der Waals surface area contributed by atoms with E-state index >= 15 is 0 Å². The van der Waals surface area contributed by atoms with Crippen LogP contribution in [-0.4, -0.2) is 37.0 Å². The standard InChI is InChI=1S/C7H12N4O3/c8-7(14)11-6(13)3-9-4-1-5(12)10-2-4/h4,9H,1-3H2,(H,10,12)(H3,8,11,13,14). The van der Waals surface area contributed by atoms with E-state index < -0.39 is 11.9 Å². The van der Waals surface area contributed by atoms with Crippen LogP contribution in [0.25, 0.3) is 0 Å². The predicted molar refractivity (Wildman–Crippen MR) is 47.1 cm³/mol. The van der Waals surface area contributed by atoms with Crippen LogP contribution in [0.2, 0.25) is 0 Å². The monoisotopic (exact) mass is 200 g/mol. The molecule has 1 aliphatic rings. The summed E-state index contributed by atoms with van der Waals surface area (Å²) in [7, 11) is 0. The van der Waals surface area contributed by atoms with E-state index in [9.17, 15) is 14.4 Å². The van der Waals surface area contributed by atoms with Gasteiger partial charge in [0.25, 0.3) is 0 Å². The van der Waals surface area contributed by atoms with Gasteiger partial charge in [0.15, 0.2) is 0 Å². The van der Waals surface area contributed by atoms with E-state index in [2.05, 4.69) is 10.6 Å². The van der Waals surface area contributed by atoms with Crippen molar-refractivity contribution in [3.63, 3.8) is 0 Å². The fourth-order valence-corrected chi connectivity index (χ4v) is 1.17. The Kier molecular flexibility index (Phi) is 3.41. The van der Waals surface area contributed by atoms with Crippen molar-refractivity contribution in [3.8, 4) is 0 Å². The van der Waals surface area contributed by atoms with Gasteiger partial charge in [0.2, 0.25) is 11.8 Å². The van der Waals surface area contributed by atoms with Crippen LogP contribution in [0.4, 0.5) is 4.79 Å². The van der Waals surface area contributed by atoms with E-state index in [1.807, 2.05) is 5.32 Å². The highest BCUT2D eigenvalue weighted by Gasteiger charge is 2.21. The molecule has 0 aliphatic carbocycles. The maximum Gasteiger partial charge on any atom is 0.318 e. The first kappa shape index (κ1) is 10.5. The third kappa shape index (κ3) is 3.40. The molecular formula is C7H12N4O3. The topological polar surface area (TPSA) is 113 Å². The van der Waals surface area contributed by atoms with E-state index in [0.717, 1.165) is 0 Å². The number of carbonyl (C=O) groups is 3. The van der Waals surface area contributed by atoms with Gasteiger partial charge in [-0.2, -0.15) is 0 Å². The fraction of sp³-hybridized carbons (Fsp3) is 0.571. The molecule has 7 heteroatoms. The quantitative estimate of drug-likeness (QED) is 0.408. The minimum atomic E-state index is -0.877. The summed E-state index contributed by atoms with van der Waals surface area (Å²) in [5.74, 6) is -0.547. The number of imide groups is 1. The van der Waals surface area contributed by atoms with Crippen molar-refractivity contribution in [2.24, 2.45) is 5.73 Å². The van der Waals surface area contributed by atoms with Crippen LogP contribution < -0.4 is 21.7 Å². The van der Waals surface area contributed by atoms with Crippen LogP contribution in [0.15, 0.2) is 0 Å². The van der Waals surface area contributed by atoms with E-state index in [0.29, 0.717) is 13.0 Å². The van der Waals surface area contributed by atoms with Gasteiger partial charge in [-0.25, -0.2) is 4.79 Å². The molecule has 1 unspecified atom stereocenters. The van der Waals surface area contributed by atoms with Gasteiger partial charge in [-0.3, -0.25) is 14.9 Å². The zero-order valence-corrected chi connectivity index (χ0v) is 7.50. The maximum atomic E-state index is 10.9. The predicted octanol–water partition coefficient (Wildman–Crippen LogP) is -2.34. The molecule has 0 saturated carbocycles. The molecule has 5 N–H and O–H groups in total. The van der Waals surface area contributed by atoms with Gasteiger partial charge < -0.3 is 16.4 Å². The van der Waals surface area contributed by atoms with Crippen LogP contribution in [-0.2, 0) is 9.59 Å². The molecule has 0 spiro atoms. The van der Waals surface area contributed by atoms with Crippen LogP contribution in [0.3, 0.4) is 0 Å². The molecule has 0 radical (unpaired) electrons. The van der Waals surface area contributed by atoms with Crippen molar-refractivity contribution in [3.05, 3.63) is 0 Å². The fourth-order valence-electron chi connectivity index (χ4n) is 1.17. The number of amides is 4. The average Bonchev–Trinajstić information content (AvgIpc) is 2.47. The molecule has 4 amide bonds. The molecule has 1 rings (SSSR count). The average molecular weight is 200 g/mol. The zero-order valence-electron chi connectivity index (χ0n) is 7.50. The summed E-state index contributed by atoms with van der Waals surface area (Å²) in [5, 5.41) is 7.33. The second-order valence-corrected chi connectivity index (χ2v) is 3.00. The van der Waals surface area contributed by atoms with Crippen molar-refractivity contribution in [1.29, 1.82) is 0 Å². The van der Waals surface area contributed by atoms with E-state index in [1.54, 1.807) is 0 Å². The summed E-state index contributed by atoms with van der Waals surface area (Å²) in [4.78, 5) is 31.9. The summed E-state index contributed by atoms with van der Waals surface area (Å²) in [6, 6.07) is -0.932. The largest absolute Gasteiger partial charge is 0.354 e. The van der Waals surface area contributed by atoms with Crippen molar-refractivity contribution < 1.29 is 14.4 Å². The van der Waals surface area contributed by atoms with Crippen LogP contribution in [0, 0.1) is 0 Å². The Bertz CT molecular complexity index is 266. The summed E-state index contributed by atoms with van der Waals surface area (Å²) >= 11 is 0. The first-order valence-corrected chi connectivity index (χ1v) is 4.17. The summed E-state index contributed by atoms with van der Waals surface area (Å²) < 4.78 is 0. The number of hydrogen-bond acceptors (Lipinski definition) is 4. The summed E-state index contributed by atoms with van der Waals surface area (Å²) in [6.45, 7) is 0.477. The smallest absolute Gasteiger partial charge is 0.318 e. The SMILES string of the molecule is NC(=O)NC(=O)CNC1CNC(=O)C1. The molecular weight excluding hydrogens is 188 g/mol. The van der Waals surface area contributed by atoms with Gasteiger partial charge in [0, 0.05) is 19.0 Å². The molecule has 1 saturated heterocycles. The molecule has 78 valence electrons. The highest BCUT2D eigenvalue weighted by Crippen LogP contribution is 1.97.